The number of aromatic nitrogens is 1. The molecule has 2 aromatic rings. The Bertz CT molecular complexity index is 769. The van der Waals surface area contributed by atoms with Crippen molar-refractivity contribution in [2.45, 2.75) is 6.42 Å². The molecule has 25 heavy (non-hydrogen) atoms. The van der Waals surface area contributed by atoms with Crippen LogP contribution in [0.2, 0.25) is 10.0 Å². The van der Waals surface area contributed by atoms with E-state index in [0.717, 1.165) is 0 Å². The summed E-state index contributed by atoms with van der Waals surface area (Å²) >= 11 is 11.8. The van der Waals surface area contributed by atoms with Gasteiger partial charge >= 0.3 is 0 Å². The van der Waals surface area contributed by atoms with Gasteiger partial charge in [0, 0.05) is 25.9 Å². The molecule has 2 N–H and O–H groups in total. The van der Waals surface area contributed by atoms with E-state index >= 15 is 0 Å². The smallest absolute Gasteiger partial charge is 0.274 e. The fourth-order valence-corrected chi connectivity index (χ4v) is 2.26. The minimum Gasteiger partial charge on any atom is -0.385 e. The standard InChI is InChI=1S/C17H17Cl2N3O3/c1-25-9-3-8-20-16(23)14-4-2-5-15(22-14)17(24)21-11-6-7-12(18)13(19)10-11/h2,4-7,10H,3,8-9H2,1H3,(H,20,23)(H,21,24). The van der Waals surface area contributed by atoms with Crippen LogP contribution in [0.5, 0.6) is 0 Å². The first-order valence-corrected chi connectivity index (χ1v) is 8.27. The average molecular weight is 382 g/mol. The molecule has 0 saturated carbocycles. The normalized spacial score (nSPS) is 10.4. The highest BCUT2D eigenvalue weighted by Crippen LogP contribution is 2.25. The highest BCUT2D eigenvalue weighted by molar-refractivity contribution is 6.42. The van der Waals surface area contributed by atoms with Gasteiger partial charge in [-0.1, -0.05) is 29.3 Å². The minimum absolute atomic E-state index is 0.121. The largest absolute Gasteiger partial charge is 0.385 e. The van der Waals surface area contributed by atoms with Crippen molar-refractivity contribution >= 4 is 40.7 Å². The van der Waals surface area contributed by atoms with Gasteiger partial charge in [0.25, 0.3) is 11.8 Å². The lowest BCUT2D eigenvalue weighted by Crippen LogP contribution is -2.27. The molecule has 1 aromatic carbocycles. The molecule has 8 heteroatoms. The molecule has 0 bridgehead atoms. The van der Waals surface area contributed by atoms with Gasteiger partial charge in [-0.15, -0.1) is 0 Å². The van der Waals surface area contributed by atoms with Gasteiger partial charge in [0.15, 0.2) is 0 Å². The molecule has 0 atom stereocenters. The second-order valence-corrected chi connectivity index (χ2v) is 5.91. The lowest BCUT2D eigenvalue weighted by Gasteiger charge is -2.08. The predicted octanol–water partition coefficient (Wildman–Crippen LogP) is 3.41. The van der Waals surface area contributed by atoms with E-state index in [2.05, 4.69) is 15.6 Å². The first-order valence-electron chi connectivity index (χ1n) is 7.52. The van der Waals surface area contributed by atoms with Gasteiger partial charge in [0.2, 0.25) is 0 Å². The van der Waals surface area contributed by atoms with Gasteiger partial charge in [-0.05, 0) is 36.8 Å². The van der Waals surface area contributed by atoms with E-state index in [4.69, 9.17) is 27.9 Å². The summed E-state index contributed by atoms with van der Waals surface area (Å²) in [7, 11) is 1.60. The van der Waals surface area contributed by atoms with Crippen molar-refractivity contribution in [1.29, 1.82) is 0 Å². The van der Waals surface area contributed by atoms with Crippen LogP contribution in [-0.2, 0) is 4.74 Å². The molecule has 132 valence electrons. The Morgan fingerprint density at radius 1 is 1.08 bits per heavy atom. The van der Waals surface area contributed by atoms with Crippen molar-refractivity contribution in [3.63, 3.8) is 0 Å². The fourth-order valence-electron chi connectivity index (χ4n) is 1.97. The van der Waals surface area contributed by atoms with Crippen LogP contribution >= 0.6 is 23.2 Å². The quantitative estimate of drug-likeness (QED) is 0.720. The van der Waals surface area contributed by atoms with Crippen LogP contribution in [0.15, 0.2) is 36.4 Å². The van der Waals surface area contributed by atoms with Crippen molar-refractivity contribution in [2.24, 2.45) is 0 Å². The van der Waals surface area contributed by atoms with Crippen LogP contribution in [0.25, 0.3) is 0 Å². The number of nitrogens with zero attached hydrogens (tertiary/aromatic N) is 1. The molecule has 0 saturated heterocycles. The molecule has 1 aromatic heterocycles. The van der Waals surface area contributed by atoms with Gasteiger partial charge in [0.1, 0.15) is 11.4 Å². The molecule has 0 radical (unpaired) electrons. The molecule has 2 amide bonds. The molecule has 0 aliphatic heterocycles. The van der Waals surface area contributed by atoms with E-state index in [1.54, 1.807) is 31.4 Å². The van der Waals surface area contributed by atoms with Gasteiger partial charge in [-0.25, -0.2) is 4.98 Å². The third kappa shape index (κ3) is 5.70. The SMILES string of the molecule is COCCCNC(=O)c1cccc(C(=O)Nc2ccc(Cl)c(Cl)c2)n1. The summed E-state index contributed by atoms with van der Waals surface area (Å²) in [6, 6.07) is 9.40. The van der Waals surface area contributed by atoms with E-state index in [1.807, 2.05) is 0 Å². The summed E-state index contributed by atoms with van der Waals surface area (Å²) in [6.07, 6.45) is 0.694. The first-order chi connectivity index (χ1) is 12.0. The van der Waals surface area contributed by atoms with Crippen LogP contribution in [-0.4, -0.2) is 37.1 Å². The predicted molar refractivity (Wildman–Crippen MR) is 97.5 cm³/mol. The number of anilines is 1. The lowest BCUT2D eigenvalue weighted by atomic mass is 10.2. The lowest BCUT2D eigenvalue weighted by molar-refractivity contribution is 0.0943. The molecule has 0 unspecified atom stereocenters. The van der Waals surface area contributed by atoms with Crippen LogP contribution in [0.3, 0.4) is 0 Å². The van der Waals surface area contributed by atoms with E-state index < -0.39 is 5.91 Å². The minimum atomic E-state index is -0.451. The summed E-state index contributed by atoms with van der Waals surface area (Å²) in [6.45, 7) is 1.02. The van der Waals surface area contributed by atoms with Crippen molar-refractivity contribution < 1.29 is 14.3 Å². The number of benzene rings is 1. The number of carbonyl (C=O) groups is 2. The Morgan fingerprint density at radius 2 is 1.80 bits per heavy atom. The summed E-state index contributed by atoms with van der Waals surface area (Å²) in [4.78, 5) is 28.4. The third-order valence-corrected chi connectivity index (χ3v) is 3.94. The molecule has 6 nitrogen and oxygen atoms in total. The van der Waals surface area contributed by atoms with Crippen LogP contribution < -0.4 is 10.6 Å². The number of nitrogens with one attached hydrogen (secondary N) is 2. The van der Waals surface area contributed by atoms with E-state index in [9.17, 15) is 9.59 Å². The number of ether oxygens (including phenoxy) is 1. The number of hydrogen-bond acceptors (Lipinski definition) is 4. The maximum Gasteiger partial charge on any atom is 0.274 e. The van der Waals surface area contributed by atoms with Crippen molar-refractivity contribution in [3.05, 3.63) is 57.8 Å². The number of methoxy groups -OCH3 is 1. The number of carbonyl (C=O) groups excluding carboxylic acids is 2. The number of rotatable bonds is 7. The van der Waals surface area contributed by atoms with Gasteiger partial charge < -0.3 is 15.4 Å². The van der Waals surface area contributed by atoms with Gasteiger partial charge in [0.05, 0.1) is 10.0 Å². The van der Waals surface area contributed by atoms with Crippen molar-refractivity contribution in [1.82, 2.24) is 10.3 Å². The summed E-state index contributed by atoms with van der Waals surface area (Å²) in [5, 5.41) is 6.10. The van der Waals surface area contributed by atoms with E-state index in [-0.39, 0.29) is 17.3 Å². The zero-order chi connectivity index (χ0) is 18.2. The molecule has 0 fully saturated rings. The molecule has 0 spiro atoms. The molecular weight excluding hydrogens is 365 g/mol. The Labute approximate surface area is 155 Å². The summed E-state index contributed by atoms with van der Waals surface area (Å²) in [5.41, 5.74) is 0.769. The van der Waals surface area contributed by atoms with Gasteiger partial charge in [-0.3, -0.25) is 9.59 Å². The Morgan fingerprint density at radius 3 is 2.48 bits per heavy atom. The number of hydrogen-bond donors (Lipinski definition) is 2. The maximum absolute atomic E-state index is 12.3. The monoisotopic (exact) mass is 381 g/mol. The van der Waals surface area contributed by atoms with Crippen LogP contribution in [0.1, 0.15) is 27.4 Å². The van der Waals surface area contributed by atoms with E-state index in [0.29, 0.717) is 35.3 Å². The van der Waals surface area contributed by atoms with Crippen LogP contribution in [0, 0.1) is 0 Å². The number of halogens is 2. The Balaban J connectivity index is 2.03. The summed E-state index contributed by atoms with van der Waals surface area (Å²) in [5.74, 6) is -0.798. The van der Waals surface area contributed by atoms with E-state index in [1.165, 1.54) is 12.1 Å². The van der Waals surface area contributed by atoms with Crippen LogP contribution in [0.4, 0.5) is 5.69 Å². The highest BCUT2D eigenvalue weighted by Gasteiger charge is 2.13. The first kappa shape index (κ1) is 19.2. The fraction of sp³-hybridized carbons (Fsp3) is 0.235. The molecular formula is C17H17Cl2N3O3. The molecule has 1 heterocycles. The zero-order valence-corrected chi connectivity index (χ0v) is 15.0. The maximum atomic E-state index is 12.3. The second kappa shape index (κ2) is 9.36. The topological polar surface area (TPSA) is 80.3 Å². The second-order valence-electron chi connectivity index (χ2n) is 5.09. The highest BCUT2D eigenvalue weighted by atomic mass is 35.5. The van der Waals surface area contributed by atoms with Gasteiger partial charge in [-0.2, -0.15) is 0 Å². The molecule has 0 aliphatic carbocycles. The zero-order valence-electron chi connectivity index (χ0n) is 13.5. The van der Waals surface area contributed by atoms with Crippen molar-refractivity contribution in [2.75, 3.05) is 25.6 Å². The van der Waals surface area contributed by atoms with Crippen molar-refractivity contribution in [3.8, 4) is 0 Å². The molecule has 0 aliphatic rings. The number of pyridine rings is 1. The third-order valence-electron chi connectivity index (χ3n) is 3.20. The average Bonchev–Trinajstić information content (AvgIpc) is 2.62. The Kier molecular flexibility index (Phi) is 7.18. The Hall–Kier alpha value is -2.15. The molecule has 2 rings (SSSR count). The summed E-state index contributed by atoms with van der Waals surface area (Å²) < 4.78 is 4.91. The number of amides is 2.